The van der Waals surface area contributed by atoms with E-state index in [0.717, 1.165) is 42.1 Å². The number of hydrogen-bond donors (Lipinski definition) is 1. The van der Waals surface area contributed by atoms with Gasteiger partial charge >= 0.3 is 0 Å². The first-order chi connectivity index (χ1) is 14.2. The van der Waals surface area contributed by atoms with E-state index in [4.69, 9.17) is 20.4 Å². The SMILES string of the molecule is CC1/C(=N/N=C/c2ccccc2Cl)CC(Cc2ccco2)NC1Cc1ccco1. The molecule has 1 aromatic carbocycles. The Kier molecular flexibility index (Phi) is 6.27. The summed E-state index contributed by atoms with van der Waals surface area (Å²) in [5.41, 5.74) is 1.93. The lowest BCUT2D eigenvalue weighted by atomic mass is 9.83. The largest absolute Gasteiger partial charge is 0.469 e. The molecular weight excluding hydrogens is 386 g/mol. The molecule has 1 aliphatic rings. The third kappa shape index (κ3) is 5.05. The van der Waals surface area contributed by atoms with Crippen LogP contribution < -0.4 is 5.32 Å². The number of furan rings is 2. The number of hydrogen-bond acceptors (Lipinski definition) is 5. The summed E-state index contributed by atoms with van der Waals surface area (Å²) in [6.45, 7) is 2.19. The van der Waals surface area contributed by atoms with Gasteiger partial charge in [0.15, 0.2) is 0 Å². The molecule has 0 radical (unpaired) electrons. The zero-order valence-electron chi connectivity index (χ0n) is 16.3. The summed E-state index contributed by atoms with van der Waals surface area (Å²) in [7, 11) is 0. The van der Waals surface area contributed by atoms with E-state index in [1.165, 1.54) is 0 Å². The summed E-state index contributed by atoms with van der Waals surface area (Å²) < 4.78 is 11.1. The van der Waals surface area contributed by atoms with Crippen LogP contribution in [0.15, 0.2) is 80.1 Å². The molecule has 3 aromatic rings. The number of nitrogens with one attached hydrogen (secondary N) is 1. The Balaban J connectivity index is 1.53. The molecule has 29 heavy (non-hydrogen) atoms. The number of piperidine rings is 1. The van der Waals surface area contributed by atoms with Gasteiger partial charge in [0.25, 0.3) is 0 Å². The molecule has 3 unspecified atom stereocenters. The molecule has 0 bridgehead atoms. The maximum atomic E-state index is 6.21. The molecule has 3 heterocycles. The van der Waals surface area contributed by atoms with Crippen LogP contribution in [0.4, 0.5) is 0 Å². The van der Waals surface area contributed by atoms with Crippen LogP contribution in [0.1, 0.15) is 30.4 Å². The Bertz CT molecular complexity index is 964. The molecule has 1 aliphatic heterocycles. The van der Waals surface area contributed by atoms with E-state index in [2.05, 4.69) is 22.4 Å². The van der Waals surface area contributed by atoms with Crippen LogP contribution in [0, 0.1) is 5.92 Å². The Morgan fingerprint density at radius 2 is 1.76 bits per heavy atom. The van der Waals surface area contributed by atoms with Crippen LogP contribution in [-0.4, -0.2) is 24.0 Å². The summed E-state index contributed by atoms with van der Waals surface area (Å²) in [6.07, 6.45) is 7.57. The molecule has 6 heteroatoms. The van der Waals surface area contributed by atoms with Crippen molar-refractivity contribution in [2.75, 3.05) is 0 Å². The molecule has 5 nitrogen and oxygen atoms in total. The molecule has 0 saturated carbocycles. The van der Waals surface area contributed by atoms with Gasteiger partial charge in [0.1, 0.15) is 11.5 Å². The Labute approximate surface area is 175 Å². The van der Waals surface area contributed by atoms with Gasteiger partial charge in [-0.3, -0.25) is 0 Å². The van der Waals surface area contributed by atoms with E-state index < -0.39 is 0 Å². The number of benzene rings is 1. The zero-order chi connectivity index (χ0) is 20.1. The van der Waals surface area contributed by atoms with Crippen LogP contribution in [0.2, 0.25) is 5.02 Å². The molecular formula is C23H24ClN3O2. The highest BCUT2D eigenvalue weighted by molar-refractivity contribution is 6.33. The molecule has 1 fully saturated rings. The van der Waals surface area contributed by atoms with E-state index in [-0.39, 0.29) is 18.0 Å². The smallest absolute Gasteiger partial charge is 0.105 e. The molecule has 1 saturated heterocycles. The first-order valence-electron chi connectivity index (χ1n) is 9.84. The second kappa shape index (κ2) is 9.25. The van der Waals surface area contributed by atoms with Gasteiger partial charge in [-0.15, -0.1) is 0 Å². The quantitative estimate of drug-likeness (QED) is 0.452. The van der Waals surface area contributed by atoms with Crippen LogP contribution in [0.3, 0.4) is 0 Å². The minimum Gasteiger partial charge on any atom is -0.469 e. The maximum Gasteiger partial charge on any atom is 0.105 e. The Morgan fingerprint density at radius 1 is 1.03 bits per heavy atom. The summed E-state index contributed by atoms with van der Waals surface area (Å²) in [5.74, 6) is 2.16. The lowest BCUT2D eigenvalue weighted by Crippen LogP contribution is -2.52. The molecule has 0 aliphatic carbocycles. The Morgan fingerprint density at radius 3 is 2.45 bits per heavy atom. The highest BCUT2D eigenvalue weighted by Gasteiger charge is 2.33. The molecule has 4 rings (SSSR count). The fourth-order valence-corrected chi connectivity index (χ4v) is 3.92. The van der Waals surface area contributed by atoms with Gasteiger partial charge in [0.2, 0.25) is 0 Å². The second-order valence-corrected chi connectivity index (χ2v) is 7.79. The summed E-state index contributed by atoms with van der Waals surface area (Å²) in [5, 5.41) is 13.4. The standard InChI is InChI=1S/C23H24ClN3O2/c1-16-22(14-20-8-5-11-29-20)26-18(12-19-7-4-10-28-19)13-23(16)27-25-15-17-6-2-3-9-21(17)24/h2-11,15-16,18,22,26H,12-14H2,1H3/b25-15+,27-23+. The van der Waals surface area contributed by atoms with E-state index >= 15 is 0 Å². The maximum absolute atomic E-state index is 6.21. The van der Waals surface area contributed by atoms with Gasteiger partial charge in [-0.1, -0.05) is 36.7 Å². The van der Waals surface area contributed by atoms with Crippen LogP contribution in [0.25, 0.3) is 0 Å². The lowest BCUT2D eigenvalue weighted by molar-refractivity contribution is 0.319. The van der Waals surface area contributed by atoms with Gasteiger partial charge in [-0.2, -0.15) is 10.2 Å². The molecule has 2 aromatic heterocycles. The topological polar surface area (TPSA) is 63.0 Å². The molecule has 150 valence electrons. The van der Waals surface area contributed by atoms with Gasteiger partial charge < -0.3 is 14.2 Å². The average Bonchev–Trinajstić information content (AvgIpc) is 3.41. The van der Waals surface area contributed by atoms with E-state index in [9.17, 15) is 0 Å². The third-order valence-corrected chi connectivity index (χ3v) is 5.70. The van der Waals surface area contributed by atoms with Crippen LogP contribution in [-0.2, 0) is 12.8 Å². The number of nitrogens with zero attached hydrogens (tertiary/aromatic N) is 2. The highest BCUT2D eigenvalue weighted by Crippen LogP contribution is 2.23. The fraction of sp³-hybridized carbons (Fsp3) is 0.304. The summed E-state index contributed by atoms with van der Waals surface area (Å²) in [6, 6.07) is 15.9. The fourth-order valence-electron chi connectivity index (χ4n) is 3.74. The predicted molar refractivity (Wildman–Crippen MR) is 116 cm³/mol. The molecule has 0 spiro atoms. The molecule has 3 atom stereocenters. The van der Waals surface area contributed by atoms with Crippen LogP contribution in [0.5, 0.6) is 0 Å². The monoisotopic (exact) mass is 409 g/mol. The minimum atomic E-state index is 0.212. The van der Waals surface area contributed by atoms with Crippen molar-refractivity contribution in [1.29, 1.82) is 0 Å². The minimum absolute atomic E-state index is 0.212. The predicted octanol–water partition coefficient (Wildman–Crippen LogP) is 5.15. The van der Waals surface area contributed by atoms with Crippen molar-refractivity contribution in [3.63, 3.8) is 0 Å². The van der Waals surface area contributed by atoms with Crippen molar-refractivity contribution < 1.29 is 8.83 Å². The van der Waals surface area contributed by atoms with Crippen molar-refractivity contribution in [3.8, 4) is 0 Å². The van der Waals surface area contributed by atoms with E-state index in [1.54, 1.807) is 18.7 Å². The first-order valence-corrected chi connectivity index (χ1v) is 10.2. The van der Waals surface area contributed by atoms with E-state index in [1.807, 2.05) is 48.5 Å². The molecule has 1 N–H and O–H groups in total. The average molecular weight is 410 g/mol. The summed E-state index contributed by atoms with van der Waals surface area (Å²) >= 11 is 6.21. The van der Waals surface area contributed by atoms with Gasteiger partial charge in [0.05, 0.1) is 18.7 Å². The first kappa shape index (κ1) is 19.7. The van der Waals surface area contributed by atoms with Gasteiger partial charge in [0, 0.05) is 53.6 Å². The normalized spacial score (nSPS) is 23.8. The molecule has 0 amide bonds. The number of rotatable bonds is 6. The van der Waals surface area contributed by atoms with Crippen molar-refractivity contribution in [3.05, 3.63) is 83.2 Å². The van der Waals surface area contributed by atoms with Gasteiger partial charge in [-0.25, -0.2) is 0 Å². The summed E-state index contributed by atoms with van der Waals surface area (Å²) in [4.78, 5) is 0. The lowest BCUT2D eigenvalue weighted by Gasteiger charge is -2.36. The number of halogens is 1. The van der Waals surface area contributed by atoms with Crippen molar-refractivity contribution in [2.45, 2.75) is 38.3 Å². The van der Waals surface area contributed by atoms with E-state index in [0.29, 0.717) is 5.02 Å². The highest BCUT2D eigenvalue weighted by atomic mass is 35.5. The Hall–Kier alpha value is -2.63. The zero-order valence-corrected chi connectivity index (χ0v) is 17.0. The van der Waals surface area contributed by atoms with Crippen molar-refractivity contribution in [1.82, 2.24) is 5.32 Å². The van der Waals surface area contributed by atoms with Gasteiger partial charge in [-0.05, 0) is 30.3 Å². The van der Waals surface area contributed by atoms with Crippen molar-refractivity contribution in [2.24, 2.45) is 16.1 Å². The second-order valence-electron chi connectivity index (χ2n) is 7.39. The van der Waals surface area contributed by atoms with Crippen LogP contribution >= 0.6 is 11.6 Å². The van der Waals surface area contributed by atoms with Crippen molar-refractivity contribution >= 4 is 23.5 Å². The third-order valence-electron chi connectivity index (χ3n) is 5.35.